The van der Waals surface area contributed by atoms with Gasteiger partial charge < -0.3 is 21.9 Å². The van der Waals surface area contributed by atoms with Crippen LogP contribution in [-0.4, -0.2) is 18.5 Å². The maximum atomic E-state index is 5.55. The van der Waals surface area contributed by atoms with Crippen molar-refractivity contribution in [2.75, 3.05) is 6.61 Å². The van der Waals surface area contributed by atoms with Crippen molar-refractivity contribution < 1.29 is 4.74 Å². The molecule has 0 saturated carbocycles. The first kappa shape index (κ1) is 13.3. The molecule has 1 aromatic rings. The van der Waals surface area contributed by atoms with Gasteiger partial charge in [-0.3, -0.25) is 0 Å². The van der Waals surface area contributed by atoms with Gasteiger partial charge in [-0.15, -0.1) is 0 Å². The summed E-state index contributed by atoms with van der Waals surface area (Å²) in [5.41, 5.74) is 16.5. The highest BCUT2D eigenvalue weighted by atomic mass is 79.9. The van der Waals surface area contributed by atoms with E-state index >= 15 is 0 Å². The van der Waals surface area contributed by atoms with E-state index in [1.165, 1.54) is 0 Å². The molecule has 0 unspecified atom stereocenters. The van der Waals surface area contributed by atoms with Crippen molar-refractivity contribution >= 4 is 33.5 Å². The fourth-order valence-electron chi connectivity index (χ4n) is 1.14. The predicted molar refractivity (Wildman–Crippen MR) is 72.4 cm³/mol. The number of nitrogens with zero attached hydrogens (tertiary/aromatic N) is 2. The van der Waals surface area contributed by atoms with E-state index in [2.05, 4.69) is 25.9 Å². The second-order valence-electron chi connectivity index (χ2n) is 3.05. The van der Waals surface area contributed by atoms with Crippen LogP contribution < -0.4 is 21.9 Å². The molecule has 0 bridgehead atoms. The Hall–Kier alpha value is -1.76. The molecular formula is C10H14BrN5O. The molecule has 0 aromatic heterocycles. The molecule has 0 atom stereocenters. The van der Waals surface area contributed by atoms with E-state index in [1.807, 2.05) is 13.0 Å². The monoisotopic (exact) mass is 299 g/mol. The van der Waals surface area contributed by atoms with Gasteiger partial charge in [0, 0.05) is 4.47 Å². The van der Waals surface area contributed by atoms with Gasteiger partial charge in [-0.25, -0.2) is 4.99 Å². The summed E-state index contributed by atoms with van der Waals surface area (Å²) in [6, 6.07) is 5.40. The third-order valence-corrected chi connectivity index (χ3v) is 2.19. The summed E-state index contributed by atoms with van der Waals surface area (Å²) in [5, 5.41) is 0. The molecule has 1 rings (SSSR count). The molecule has 92 valence electrons. The lowest BCUT2D eigenvalue weighted by atomic mass is 10.3. The summed E-state index contributed by atoms with van der Waals surface area (Å²) < 4.78 is 6.26. The Morgan fingerprint density at radius 3 is 2.65 bits per heavy atom. The van der Waals surface area contributed by atoms with Crippen LogP contribution in [0.2, 0.25) is 0 Å². The normalized spacial score (nSPS) is 11.1. The molecule has 1 aromatic carbocycles. The predicted octanol–water partition coefficient (Wildman–Crippen LogP) is 1.07. The fourth-order valence-corrected chi connectivity index (χ4v) is 1.49. The van der Waals surface area contributed by atoms with Gasteiger partial charge in [0.2, 0.25) is 5.96 Å². The molecule has 0 aliphatic carbocycles. The second kappa shape index (κ2) is 6.09. The summed E-state index contributed by atoms with van der Waals surface area (Å²) in [5.74, 6) is 0.452. The molecular weight excluding hydrogens is 286 g/mol. The molecule has 0 heterocycles. The van der Waals surface area contributed by atoms with Crippen molar-refractivity contribution in [2.24, 2.45) is 27.2 Å². The summed E-state index contributed by atoms with van der Waals surface area (Å²) >= 11 is 3.34. The Morgan fingerprint density at radius 1 is 1.35 bits per heavy atom. The number of halogens is 1. The highest BCUT2D eigenvalue weighted by Gasteiger charge is 2.04. The van der Waals surface area contributed by atoms with Crippen molar-refractivity contribution in [2.45, 2.75) is 6.92 Å². The molecule has 0 fully saturated rings. The number of hydrogen-bond donors (Lipinski definition) is 3. The molecule has 0 aliphatic rings. The lowest BCUT2D eigenvalue weighted by molar-refractivity contribution is 0.341. The minimum absolute atomic E-state index is 0.0240. The van der Waals surface area contributed by atoms with E-state index in [0.717, 1.165) is 4.47 Å². The molecule has 0 amide bonds. The van der Waals surface area contributed by atoms with E-state index in [1.54, 1.807) is 12.1 Å². The zero-order valence-electron chi connectivity index (χ0n) is 9.35. The standard InChI is InChI=1S/C10H14BrN5O/c1-2-17-8-4-3-6(11)5-7(8)15-10(14)16-9(12)13/h3-5H,2H2,1H3,(H6,12,13,14,15,16). The van der Waals surface area contributed by atoms with Crippen LogP contribution in [0, 0.1) is 0 Å². The first-order chi connectivity index (χ1) is 8.02. The summed E-state index contributed by atoms with van der Waals surface area (Å²) in [6.07, 6.45) is 0. The Balaban J connectivity index is 3.11. The van der Waals surface area contributed by atoms with Crippen molar-refractivity contribution in [3.63, 3.8) is 0 Å². The second-order valence-corrected chi connectivity index (χ2v) is 3.97. The highest BCUT2D eigenvalue weighted by Crippen LogP contribution is 2.30. The van der Waals surface area contributed by atoms with E-state index in [-0.39, 0.29) is 11.9 Å². The Morgan fingerprint density at radius 2 is 2.06 bits per heavy atom. The average Bonchev–Trinajstić information content (AvgIpc) is 2.21. The van der Waals surface area contributed by atoms with Gasteiger partial charge >= 0.3 is 0 Å². The molecule has 6 nitrogen and oxygen atoms in total. The number of nitrogens with two attached hydrogens (primary N) is 3. The summed E-state index contributed by atoms with van der Waals surface area (Å²) in [6.45, 7) is 2.42. The molecule has 0 spiro atoms. The van der Waals surface area contributed by atoms with Gasteiger partial charge in [0.15, 0.2) is 5.96 Å². The van der Waals surface area contributed by atoms with Crippen molar-refractivity contribution in [1.82, 2.24) is 0 Å². The van der Waals surface area contributed by atoms with Crippen LogP contribution in [0.25, 0.3) is 0 Å². The van der Waals surface area contributed by atoms with Crippen LogP contribution in [0.4, 0.5) is 5.69 Å². The van der Waals surface area contributed by atoms with Gasteiger partial charge in [-0.2, -0.15) is 4.99 Å². The van der Waals surface area contributed by atoms with Crippen LogP contribution in [0.5, 0.6) is 5.75 Å². The number of ether oxygens (including phenoxy) is 1. The quantitative estimate of drug-likeness (QED) is 0.572. The summed E-state index contributed by atoms with van der Waals surface area (Å²) in [4.78, 5) is 7.70. The van der Waals surface area contributed by atoms with Crippen LogP contribution in [0.1, 0.15) is 6.92 Å². The molecule has 6 N–H and O–H groups in total. The summed E-state index contributed by atoms with van der Waals surface area (Å²) in [7, 11) is 0. The van der Waals surface area contributed by atoms with E-state index < -0.39 is 0 Å². The largest absolute Gasteiger partial charge is 0.492 e. The molecule has 0 aliphatic heterocycles. The molecule has 0 radical (unpaired) electrons. The van der Waals surface area contributed by atoms with Crippen LogP contribution in [0.15, 0.2) is 32.7 Å². The first-order valence-corrected chi connectivity index (χ1v) is 5.68. The highest BCUT2D eigenvalue weighted by molar-refractivity contribution is 9.10. The van der Waals surface area contributed by atoms with Crippen LogP contribution in [-0.2, 0) is 0 Å². The minimum atomic E-state index is -0.140. The van der Waals surface area contributed by atoms with E-state index in [0.29, 0.717) is 18.0 Å². The minimum Gasteiger partial charge on any atom is -0.492 e. The maximum Gasteiger partial charge on any atom is 0.223 e. The van der Waals surface area contributed by atoms with Gasteiger partial charge in [0.05, 0.1) is 6.61 Å². The topological polar surface area (TPSA) is 112 Å². The zero-order chi connectivity index (χ0) is 12.8. The smallest absolute Gasteiger partial charge is 0.223 e. The van der Waals surface area contributed by atoms with Crippen LogP contribution >= 0.6 is 15.9 Å². The third kappa shape index (κ3) is 4.31. The number of guanidine groups is 2. The van der Waals surface area contributed by atoms with Crippen molar-refractivity contribution in [3.8, 4) is 5.75 Å². The lowest BCUT2D eigenvalue weighted by Crippen LogP contribution is -2.26. The number of hydrogen-bond acceptors (Lipinski definition) is 2. The van der Waals surface area contributed by atoms with Gasteiger partial charge in [-0.1, -0.05) is 15.9 Å². The fraction of sp³-hybridized carbons (Fsp3) is 0.200. The molecule has 7 heteroatoms. The van der Waals surface area contributed by atoms with Gasteiger partial charge in [0.25, 0.3) is 0 Å². The Bertz CT molecular complexity index is 454. The van der Waals surface area contributed by atoms with Gasteiger partial charge in [0.1, 0.15) is 11.4 Å². The number of benzene rings is 1. The third-order valence-electron chi connectivity index (χ3n) is 1.70. The number of aliphatic imine (C=N–C) groups is 2. The number of rotatable bonds is 3. The zero-order valence-corrected chi connectivity index (χ0v) is 10.9. The maximum absolute atomic E-state index is 5.55. The van der Waals surface area contributed by atoms with E-state index in [4.69, 9.17) is 21.9 Å². The van der Waals surface area contributed by atoms with Gasteiger partial charge in [-0.05, 0) is 25.1 Å². The van der Waals surface area contributed by atoms with Crippen LogP contribution in [0.3, 0.4) is 0 Å². The average molecular weight is 300 g/mol. The molecule has 0 saturated heterocycles. The van der Waals surface area contributed by atoms with Crippen molar-refractivity contribution in [3.05, 3.63) is 22.7 Å². The lowest BCUT2D eigenvalue weighted by Gasteiger charge is -2.07. The SMILES string of the molecule is CCOc1ccc(Br)cc1N=C(N)N=C(N)N. The van der Waals surface area contributed by atoms with E-state index in [9.17, 15) is 0 Å². The van der Waals surface area contributed by atoms with Crippen molar-refractivity contribution in [1.29, 1.82) is 0 Å². The first-order valence-electron chi connectivity index (χ1n) is 4.89. The Kier molecular flexibility index (Phi) is 4.77. The Labute approximate surface area is 108 Å². The molecule has 17 heavy (non-hydrogen) atoms.